The number of quaternary nitrogens is 2. The topological polar surface area (TPSA) is 59.3 Å². The third-order valence-electron chi connectivity index (χ3n) is 5.18. The molecule has 138 valence electrons. The Bertz CT molecular complexity index is 898. The first-order valence-electron chi connectivity index (χ1n) is 9.05. The van der Waals surface area contributed by atoms with Gasteiger partial charge in [-0.2, -0.15) is 4.52 Å². The van der Waals surface area contributed by atoms with Gasteiger partial charge in [0.2, 0.25) is 10.8 Å². The number of aromatic nitrogens is 3. The predicted molar refractivity (Wildman–Crippen MR) is 97.5 cm³/mol. The van der Waals surface area contributed by atoms with Gasteiger partial charge in [0, 0.05) is 12.0 Å². The molecule has 1 aliphatic rings. The molecule has 6 nitrogen and oxygen atoms in total. The predicted octanol–water partition coefficient (Wildman–Crippen LogP) is -0.299. The van der Waals surface area contributed by atoms with Gasteiger partial charge < -0.3 is 14.9 Å². The van der Waals surface area contributed by atoms with E-state index >= 15 is 0 Å². The number of likely N-dealkylation sites (N-methyl/N-ethyl adjacent to an activating group) is 1. The van der Waals surface area contributed by atoms with Crippen LogP contribution in [0, 0.1) is 5.82 Å². The third-order valence-corrected chi connectivity index (χ3v) is 6.26. The minimum atomic E-state index is -0.246. The number of rotatable bonds is 4. The summed E-state index contributed by atoms with van der Waals surface area (Å²) >= 11 is 1.48. The molecule has 0 aliphatic carbocycles. The lowest BCUT2D eigenvalue weighted by Crippen LogP contribution is -3.27. The molecule has 0 bridgehead atoms. The highest BCUT2D eigenvalue weighted by Crippen LogP contribution is 2.35. The number of aromatic hydroxyl groups is 1. The highest BCUT2D eigenvalue weighted by Gasteiger charge is 2.35. The van der Waals surface area contributed by atoms with E-state index < -0.39 is 0 Å². The fourth-order valence-corrected chi connectivity index (χ4v) is 4.80. The SMILES string of the molecule is CCc1nc2sc([C@@H](c3ccc(F)cc3)[NH+]3CC[NH+](C)CC3)c(O)n2n1. The van der Waals surface area contributed by atoms with Crippen LogP contribution in [0.2, 0.25) is 0 Å². The number of nitrogens with zero attached hydrogens (tertiary/aromatic N) is 3. The van der Waals surface area contributed by atoms with Crippen LogP contribution in [0.1, 0.15) is 29.2 Å². The molecular formula is C18H24FN5OS+2. The quantitative estimate of drug-likeness (QED) is 0.585. The van der Waals surface area contributed by atoms with E-state index in [4.69, 9.17) is 0 Å². The van der Waals surface area contributed by atoms with Gasteiger partial charge in [-0.15, -0.1) is 5.10 Å². The molecule has 0 saturated carbocycles. The molecule has 3 N–H and O–H groups in total. The van der Waals surface area contributed by atoms with Gasteiger partial charge in [-0.05, 0) is 24.3 Å². The van der Waals surface area contributed by atoms with Crippen LogP contribution >= 0.6 is 11.3 Å². The van der Waals surface area contributed by atoms with Crippen LogP contribution < -0.4 is 9.80 Å². The number of thiazole rings is 1. The Balaban J connectivity index is 1.78. The van der Waals surface area contributed by atoms with Crippen LogP contribution in [0.15, 0.2) is 24.3 Å². The van der Waals surface area contributed by atoms with Crippen LogP contribution in [0.3, 0.4) is 0 Å². The van der Waals surface area contributed by atoms with Crippen molar-refractivity contribution in [2.45, 2.75) is 19.4 Å². The molecule has 3 heterocycles. The Morgan fingerprint density at radius 1 is 1.23 bits per heavy atom. The molecule has 1 aliphatic heterocycles. The molecule has 0 amide bonds. The van der Waals surface area contributed by atoms with Gasteiger partial charge in [0.15, 0.2) is 11.9 Å². The molecule has 4 rings (SSSR count). The Morgan fingerprint density at radius 3 is 2.54 bits per heavy atom. The smallest absolute Gasteiger partial charge is 0.235 e. The minimum absolute atomic E-state index is 0.0396. The van der Waals surface area contributed by atoms with Crippen LogP contribution in [0.25, 0.3) is 4.96 Å². The summed E-state index contributed by atoms with van der Waals surface area (Å²) in [4.78, 5) is 8.96. The maximum atomic E-state index is 13.4. The third kappa shape index (κ3) is 3.08. The summed E-state index contributed by atoms with van der Waals surface area (Å²) in [5.74, 6) is 0.641. The molecule has 1 atom stereocenters. The molecule has 1 saturated heterocycles. The summed E-state index contributed by atoms with van der Waals surface area (Å²) in [7, 11) is 2.20. The average Bonchev–Trinajstić information content (AvgIpc) is 3.18. The largest absolute Gasteiger partial charge is 0.492 e. The zero-order valence-electron chi connectivity index (χ0n) is 15.0. The lowest BCUT2D eigenvalue weighted by molar-refractivity contribution is -1.02. The Morgan fingerprint density at radius 2 is 1.92 bits per heavy atom. The number of halogens is 1. The molecule has 0 spiro atoms. The van der Waals surface area contributed by atoms with E-state index in [1.807, 2.05) is 19.1 Å². The molecule has 8 heteroatoms. The van der Waals surface area contributed by atoms with Crippen molar-refractivity contribution in [2.24, 2.45) is 0 Å². The second-order valence-corrected chi connectivity index (χ2v) is 7.97. The van der Waals surface area contributed by atoms with E-state index in [0.29, 0.717) is 4.96 Å². The molecule has 26 heavy (non-hydrogen) atoms. The maximum Gasteiger partial charge on any atom is 0.235 e. The zero-order valence-corrected chi connectivity index (χ0v) is 15.8. The fourth-order valence-electron chi connectivity index (χ4n) is 3.64. The van der Waals surface area contributed by atoms with E-state index in [-0.39, 0.29) is 17.7 Å². The highest BCUT2D eigenvalue weighted by molar-refractivity contribution is 7.17. The lowest BCUT2D eigenvalue weighted by atomic mass is 10.0. The molecule has 0 radical (unpaired) electrons. The van der Waals surface area contributed by atoms with Crippen molar-refractivity contribution < 1.29 is 19.3 Å². The number of hydrogen-bond acceptors (Lipinski definition) is 4. The summed E-state index contributed by atoms with van der Waals surface area (Å²) < 4.78 is 15.0. The van der Waals surface area contributed by atoms with E-state index in [2.05, 4.69) is 17.1 Å². The van der Waals surface area contributed by atoms with Gasteiger partial charge >= 0.3 is 0 Å². The normalized spacial score (nSPS) is 22.0. The van der Waals surface area contributed by atoms with E-state index in [1.54, 1.807) is 0 Å². The van der Waals surface area contributed by atoms with Crippen LogP contribution in [0.5, 0.6) is 5.88 Å². The number of aryl methyl sites for hydroxylation is 1. The first kappa shape index (κ1) is 17.4. The van der Waals surface area contributed by atoms with Crippen molar-refractivity contribution in [3.8, 4) is 5.88 Å². The summed E-state index contributed by atoms with van der Waals surface area (Å²) in [6.45, 7) is 6.15. The van der Waals surface area contributed by atoms with Crippen LogP contribution in [0.4, 0.5) is 4.39 Å². The average molecular weight is 377 g/mol. The number of nitrogens with one attached hydrogen (secondary N) is 2. The van der Waals surface area contributed by atoms with Gasteiger partial charge in [0.05, 0.1) is 7.05 Å². The van der Waals surface area contributed by atoms with Crippen molar-refractivity contribution in [2.75, 3.05) is 33.2 Å². The van der Waals surface area contributed by atoms with Crippen molar-refractivity contribution in [3.63, 3.8) is 0 Å². The second kappa shape index (κ2) is 6.94. The standard InChI is InChI=1S/C18H22FN5OS/c1-3-14-20-18-24(21-14)17(25)16(26-18)15(12-4-6-13(19)7-5-12)23-10-8-22(2)9-11-23/h4-7,15,25H,3,8-11H2,1-2H3/p+2/t15-/m1/s1. The Labute approximate surface area is 155 Å². The Kier molecular flexibility index (Phi) is 4.64. The number of piperazine rings is 1. The van der Waals surface area contributed by atoms with E-state index in [1.165, 1.54) is 37.8 Å². The number of fused-ring (bicyclic) bond motifs is 1. The van der Waals surface area contributed by atoms with Crippen molar-refractivity contribution >= 4 is 16.3 Å². The minimum Gasteiger partial charge on any atom is -0.492 e. The van der Waals surface area contributed by atoms with Crippen molar-refractivity contribution in [3.05, 3.63) is 46.3 Å². The van der Waals surface area contributed by atoms with Crippen molar-refractivity contribution in [1.29, 1.82) is 0 Å². The summed E-state index contributed by atoms with van der Waals surface area (Å²) in [5, 5.41) is 15.2. The van der Waals surface area contributed by atoms with Crippen molar-refractivity contribution in [1.82, 2.24) is 14.6 Å². The zero-order chi connectivity index (χ0) is 18.3. The van der Waals surface area contributed by atoms with Gasteiger partial charge in [-0.3, -0.25) is 0 Å². The molecule has 2 aromatic heterocycles. The Hall–Kier alpha value is -2.03. The molecule has 0 unspecified atom stereocenters. The summed E-state index contributed by atoms with van der Waals surface area (Å²) in [6, 6.07) is 6.59. The first-order chi connectivity index (χ1) is 12.6. The molecule has 1 fully saturated rings. The van der Waals surface area contributed by atoms with Gasteiger partial charge in [0.1, 0.15) is 36.9 Å². The molecule has 3 aromatic rings. The van der Waals surface area contributed by atoms with Gasteiger partial charge in [0.25, 0.3) is 0 Å². The lowest BCUT2D eigenvalue weighted by Gasteiger charge is -2.33. The van der Waals surface area contributed by atoms with Crippen LogP contribution in [-0.2, 0) is 6.42 Å². The first-order valence-corrected chi connectivity index (χ1v) is 9.87. The highest BCUT2D eigenvalue weighted by atomic mass is 32.1. The fraction of sp³-hybridized carbons (Fsp3) is 0.444. The summed E-state index contributed by atoms with van der Waals surface area (Å²) in [6.07, 6.45) is 0.733. The molecular weight excluding hydrogens is 353 g/mol. The van der Waals surface area contributed by atoms with Gasteiger partial charge in [-0.1, -0.05) is 18.3 Å². The second-order valence-electron chi connectivity index (χ2n) is 6.97. The van der Waals surface area contributed by atoms with E-state index in [0.717, 1.165) is 48.9 Å². The maximum absolute atomic E-state index is 13.4. The monoisotopic (exact) mass is 377 g/mol. The van der Waals surface area contributed by atoms with Crippen LogP contribution in [-0.4, -0.2) is 52.9 Å². The number of hydrogen-bond donors (Lipinski definition) is 3. The summed E-state index contributed by atoms with van der Waals surface area (Å²) in [5.41, 5.74) is 1.01. The van der Waals surface area contributed by atoms with E-state index in [9.17, 15) is 9.50 Å². The number of benzene rings is 1. The van der Waals surface area contributed by atoms with Gasteiger partial charge in [-0.25, -0.2) is 9.37 Å². The molecule has 1 aromatic carbocycles.